The summed E-state index contributed by atoms with van der Waals surface area (Å²) in [7, 11) is 1.56. The molecule has 0 aliphatic heterocycles. The molecule has 0 bridgehead atoms. The van der Waals surface area contributed by atoms with Gasteiger partial charge in [-0.1, -0.05) is 32.0 Å². The molecule has 0 rings (SSSR count). The maximum Gasteiger partial charge on any atom is 0.106 e. The van der Waals surface area contributed by atoms with Crippen molar-refractivity contribution in [2.75, 3.05) is 7.11 Å². The molecule has 0 spiro atoms. The van der Waals surface area contributed by atoms with E-state index in [1.54, 1.807) is 7.11 Å². The summed E-state index contributed by atoms with van der Waals surface area (Å²) in [5.74, 6) is 0. The smallest absolute Gasteiger partial charge is 0.106 e. The van der Waals surface area contributed by atoms with Gasteiger partial charge in [-0.05, 0) is 13.0 Å². The number of hydrogen-bond donors (Lipinski definition) is 0. The minimum absolute atomic E-state index is 0.0581. The van der Waals surface area contributed by atoms with E-state index in [0.717, 1.165) is 5.71 Å². The maximum atomic E-state index is 4.72. The van der Waals surface area contributed by atoms with E-state index in [0.29, 0.717) is 0 Å². The minimum Gasteiger partial charge on any atom is -0.399 e. The van der Waals surface area contributed by atoms with Gasteiger partial charge >= 0.3 is 0 Å². The Morgan fingerprint density at radius 3 is 2.18 bits per heavy atom. The molecule has 0 amide bonds. The molecule has 0 unspecified atom stereocenters. The lowest BCUT2D eigenvalue weighted by atomic mass is 9.90. The van der Waals surface area contributed by atoms with Crippen molar-refractivity contribution in [2.45, 2.75) is 27.7 Å². The summed E-state index contributed by atoms with van der Waals surface area (Å²) in [5.41, 5.74) is 1.02. The van der Waals surface area contributed by atoms with Crippen molar-refractivity contribution in [1.29, 1.82) is 0 Å². The van der Waals surface area contributed by atoms with Crippen LogP contribution >= 0.6 is 0 Å². The molecule has 0 heterocycles. The van der Waals surface area contributed by atoms with Crippen LogP contribution in [0, 0.1) is 5.41 Å². The molecule has 2 nitrogen and oxygen atoms in total. The normalized spacial score (nSPS) is 14.1. The van der Waals surface area contributed by atoms with Gasteiger partial charge in [0.1, 0.15) is 7.11 Å². The average Bonchev–Trinajstić information content (AvgIpc) is 1.85. The van der Waals surface area contributed by atoms with E-state index in [9.17, 15) is 0 Å². The maximum absolute atomic E-state index is 4.72. The lowest BCUT2D eigenvalue weighted by Crippen LogP contribution is -2.18. The fourth-order valence-electron chi connectivity index (χ4n) is 0.674. The highest BCUT2D eigenvalue weighted by Gasteiger charge is 2.16. The predicted octanol–water partition coefficient (Wildman–Crippen LogP) is 2.61. The highest BCUT2D eigenvalue weighted by Crippen LogP contribution is 2.16. The summed E-state index contributed by atoms with van der Waals surface area (Å²) in [6.45, 7) is 8.28. The summed E-state index contributed by atoms with van der Waals surface area (Å²) in [5, 5.41) is 3.92. The van der Waals surface area contributed by atoms with Crippen LogP contribution in [0.2, 0.25) is 0 Å². The molecule has 2 heteroatoms. The van der Waals surface area contributed by atoms with Gasteiger partial charge in [0.25, 0.3) is 0 Å². The third kappa shape index (κ3) is 3.81. The Labute approximate surface area is 68.9 Å². The third-order valence-corrected chi connectivity index (χ3v) is 1.28. The van der Waals surface area contributed by atoms with Gasteiger partial charge in [0.15, 0.2) is 0 Å². The highest BCUT2D eigenvalue weighted by molar-refractivity contribution is 5.98. The zero-order valence-corrected chi connectivity index (χ0v) is 8.01. The Morgan fingerprint density at radius 2 is 1.91 bits per heavy atom. The SMILES string of the molecule is CC=CC(=NOC)C(C)(C)C. The second-order valence-corrected chi connectivity index (χ2v) is 3.41. The number of hydrogen-bond acceptors (Lipinski definition) is 2. The summed E-state index contributed by atoms with van der Waals surface area (Å²) in [6, 6.07) is 0. The van der Waals surface area contributed by atoms with Gasteiger partial charge in [-0.25, -0.2) is 0 Å². The average molecular weight is 155 g/mol. The van der Waals surface area contributed by atoms with Crippen LogP contribution in [-0.4, -0.2) is 12.8 Å². The van der Waals surface area contributed by atoms with Gasteiger partial charge in [0.05, 0.1) is 5.71 Å². The molecule has 0 aromatic rings. The van der Waals surface area contributed by atoms with Gasteiger partial charge in [-0.2, -0.15) is 0 Å². The number of oxime groups is 1. The Balaban J connectivity index is 4.48. The van der Waals surface area contributed by atoms with Gasteiger partial charge < -0.3 is 4.84 Å². The Bertz CT molecular complexity index is 163. The molecule has 0 aliphatic rings. The fraction of sp³-hybridized carbons (Fsp3) is 0.667. The molecule has 0 radical (unpaired) electrons. The summed E-state index contributed by atoms with van der Waals surface area (Å²) >= 11 is 0. The number of nitrogens with zero attached hydrogens (tertiary/aromatic N) is 1. The molecule has 0 aromatic heterocycles. The first-order valence-corrected chi connectivity index (χ1v) is 3.76. The van der Waals surface area contributed by atoms with Gasteiger partial charge in [0.2, 0.25) is 0 Å². The van der Waals surface area contributed by atoms with E-state index in [4.69, 9.17) is 4.84 Å². The molecule has 0 aliphatic carbocycles. The molecular formula is C9H17NO. The first kappa shape index (κ1) is 10.2. The first-order chi connectivity index (χ1) is 5.02. The molecule has 0 N–H and O–H groups in total. The van der Waals surface area contributed by atoms with E-state index < -0.39 is 0 Å². The van der Waals surface area contributed by atoms with Gasteiger partial charge in [-0.15, -0.1) is 0 Å². The lowest BCUT2D eigenvalue weighted by Gasteiger charge is -2.17. The van der Waals surface area contributed by atoms with Crippen molar-refractivity contribution in [3.63, 3.8) is 0 Å². The van der Waals surface area contributed by atoms with E-state index in [-0.39, 0.29) is 5.41 Å². The van der Waals surface area contributed by atoms with Gasteiger partial charge in [0, 0.05) is 5.41 Å². The minimum atomic E-state index is 0.0581. The highest BCUT2D eigenvalue weighted by atomic mass is 16.6. The van der Waals surface area contributed by atoms with Crippen molar-refractivity contribution in [3.8, 4) is 0 Å². The van der Waals surface area contributed by atoms with E-state index in [1.807, 2.05) is 19.1 Å². The molecule has 11 heavy (non-hydrogen) atoms. The van der Waals surface area contributed by atoms with Crippen LogP contribution in [0.25, 0.3) is 0 Å². The van der Waals surface area contributed by atoms with Crippen LogP contribution in [-0.2, 0) is 4.84 Å². The molecular weight excluding hydrogens is 138 g/mol. The summed E-state index contributed by atoms with van der Waals surface area (Å²) in [6.07, 6.45) is 3.92. The van der Waals surface area contributed by atoms with Crippen molar-refractivity contribution in [2.24, 2.45) is 10.6 Å². The fourth-order valence-corrected chi connectivity index (χ4v) is 0.674. The van der Waals surface area contributed by atoms with Crippen molar-refractivity contribution in [1.82, 2.24) is 0 Å². The largest absolute Gasteiger partial charge is 0.399 e. The number of rotatable bonds is 2. The first-order valence-electron chi connectivity index (χ1n) is 3.76. The van der Waals surface area contributed by atoms with Crippen LogP contribution in [0.4, 0.5) is 0 Å². The lowest BCUT2D eigenvalue weighted by molar-refractivity contribution is 0.209. The monoisotopic (exact) mass is 155 g/mol. The summed E-state index contributed by atoms with van der Waals surface area (Å²) in [4.78, 5) is 4.72. The van der Waals surface area contributed by atoms with Crippen LogP contribution in [0.15, 0.2) is 17.3 Å². The Hall–Kier alpha value is -0.790. The van der Waals surface area contributed by atoms with Crippen molar-refractivity contribution >= 4 is 5.71 Å². The third-order valence-electron chi connectivity index (χ3n) is 1.28. The van der Waals surface area contributed by atoms with Crippen LogP contribution in [0.5, 0.6) is 0 Å². The zero-order chi connectivity index (χ0) is 8.91. The molecule has 0 atom stereocenters. The quantitative estimate of drug-likeness (QED) is 0.443. The topological polar surface area (TPSA) is 21.6 Å². The van der Waals surface area contributed by atoms with E-state index in [2.05, 4.69) is 25.9 Å². The Morgan fingerprint density at radius 1 is 1.36 bits per heavy atom. The second-order valence-electron chi connectivity index (χ2n) is 3.41. The van der Waals surface area contributed by atoms with E-state index in [1.165, 1.54) is 0 Å². The molecule has 0 aromatic carbocycles. The van der Waals surface area contributed by atoms with Crippen LogP contribution < -0.4 is 0 Å². The predicted molar refractivity (Wildman–Crippen MR) is 48.7 cm³/mol. The molecule has 0 saturated heterocycles. The molecule has 64 valence electrons. The van der Waals surface area contributed by atoms with Crippen LogP contribution in [0.3, 0.4) is 0 Å². The van der Waals surface area contributed by atoms with Crippen LogP contribution in [0.1, 0.15) is 27.7 Å². The Kier molecular flexibility index (Phi) is 3.86. The van der Waals surface area contributed by atoms with Gasteiger partial charge in [-0.3, -0.25) is 0 Å². The van der Waals surface area contributed by atoms with Crippen molar-refractivity contribution in [3.05, 3.63) is 12.2 Å². The van der Waals surface area contributed by atoms with E-state index >= 15 is 0 Å². The standard InChI is InChI=1S/C9H17NO/c1-6-7-8(10-11-5)9(2,3)4/h6-7H,1-5H3. The summed E-state index contributed by atoms with van der Waals surface area (Å²) < 4.78 is 0. The zero-order valence-electron chi connectivity index (χ0n) is 8.01. The number of allylic oxidation sites excluding steroid dienone is 2. The molecule has 0 fully saturated rings. The second kappa shape index (κ2) is 4.16. The van der Waals surface area contributed by atoms with Crippen molar-refractivity contribution < 1.29 is 4.84 Å². The molecule has 0 saturated carbocycles.